The van der Waals surface area contributed by atoms with E-state index >= 15 is 0 Å². The molecule has 2 rings (SSSR count). The van der Waals surface area contributed by atoms with Crippen LogP contribution in [0.5, 0.6) is 0 Å². The molecule has 6 heteroatoms. The van der Waals surface area contributed by atoms with Gasteiger partial charge in [0.15, 0.2) is 5.78 Å². The van der Waals surface area contributed by atoms with Crippen molar-refractivity contribution < 1.29 is 9.59 Å². The molecule has 0 atom stereocenters. The van der Waals surface area contributed by atoms with E-state index in [0.717, 1.165) is 5.56 Å². The molecule has 0 unspecified atom stereocenters. The molecule has 0 saturated carbocycles. The first-order valence-electron chi connectivity index (χ1n) is 5.78. The lowest BCUT2D eigenvalue weighted by Crippen LogP contribution is -2.28. The number of anilines is 1. The van der Waals surface area contributed by atoms with Crippen molar-refractivity contribution in [2.45, 2.75) is 13.5 Å². The lowest BCUT2D eigenvalue weighted by atomic mass is 10.1. The number of Topliss-reactive ketones (excluding diaryl/α,β-unsaturated/α-hetero) is 1. The van der Waals surface area contributed by atoms with Crippen LogP contribution < -0.4 is 10.6 Å². The SMILES string of the molecule is CC(=O)c1cccc(NC(=O)NCc2cn[nH]c2)c1. The third-order valence-electron chi connectivity index (χ3n) is 2.53. The maximum Gasteiger partial charge on any atom is 0.319 e. The van der Waals surface area contributed by atoms with Crippen molar-refractivity contribution in [3.8, 4) is 0 Å². The predicted octanol–water partition coefficient (Wildman–Crippen LogP) is 1.93. The number of rotatable bonds is 4. The van der Waals surface area contributed by atoms with Gasteiger partial charge in [0.2, 0.25) is 0 Å². The highest BCUT2D eigenvalue weighted by molar-refractivity contribution is 5.96. The zero-order valence-electron chi connectivity index (χ0n) is 10.4. The number of hydrogen-bond donors (Lipinski definition) is 3. The Morgan fingerprint density at radius 3 is 2.89 bits per heavy atom. The van der Waals surface area contributed by atoms with Crippen LogP contribution in [-0.2, 0) is 6.54 Å². The summed E-state index contributed by atoms with van der Waals surface area (Å²) in [7, 11) is 0. The van der Waals surface area contributed by atoms with Crippen LogP contribution in [0.4, 0.5) is 10.5 Å². The van der Waals surface area contributed by atoms with Gasteiger partial charge >= 0.3 is 6.03 Å². The Bertz CT molecular complexity index is 578. The Hall–Kier alpha value is -2.63. The number of amides is 2. The Kier molecular flexibility index (Phi) is 3.92. The van der Waals surface area contributed by atoms with Crippen molar-refractivity contribution in [3.63, 3.8) is 0 Å². The second-order valence-electron chi connectivity index (χ2n) is 4.05. The minimum Gasteiger partial charge on any atom is -0.334 e. The van der Waals surface area contributed by atoms with Gasteiger partial charge in [-0.3, -0.25) is 9.89 Å². The minimum atomic E-state index is -0.332. The summed E-state index contributed by atoms with van der Waals surface area (Å²) in [5, 5.41) is 11.8. The summed E-state index contributed by atoms with van der Waals surface area (Å²) in [6.07, 6.45) is 3.34. The predicted molar refractivity (Wildman–Crippen MR) is 70.9 cm³/mol. The molecule has 2 amide bonds. The molecule has 0 aliphatic heterocycles. The van der Waals surface area contributed by atoms with Gasteiger partial charge in [-0.05, 0) is 19.1 Å². The molecular weight excluding hydrogens is 244 g/mol. The minimum absolute atomic E-state index is 0.0394. The first kappa shape index (κ1) is 12.8. The van der Waals surface area contributed by atoms with E-state index < -0.39 is 0 Å². The van der Waals surface area contributed by atoms with Gasteiger partial charge in [-0.2, -0.15) is 5.10 Å². The van der Waals surface area contributed by atoms with E-state index in [1.165, 1.54) is 6.92 Å². The highest BCUT2D eigenvalue weighted by Crippen LogP contribution is 2.10. The standard InChI is InChI=1S/C13H14N4O2/c1-9(18)11-3-2-4-12(5-11)17-13(19)14-6-10-7-15-16-8-10/h2-5,7-8H,6H2,1H3,(H,15,16)(H2,14,17,19). The second-order valence-corrected chi connectivity index (χ2v) is 4.05. The number of hydrogen-bond acceptors (Lipinski definition) is 3. The Morgan fingerprint density at radius 1 is 1.37 bits per heavy atom. The third kappa shape index (κ3) is 3.67. The van der Waals surface area contributed by atoms with Gasteiger partial charge in [0.05, 0.1) is 6.20 Å². The normalized spacial score (nSPS) is 9.95. The summed E-state index contributed by atoms with van der Waals surface area (Å²) < 4.78 is 0. The van der Waals surface area contributed by atoms with E-state index in [0.29, 0.717) is 17.8 Å². The zero-order valence-corrected chi connectivity index (χ0v) is 10.4. The Morgan fingerprint density at radius 2 is 2.21 bits per heavy atom. The molecule has 98 valence electrons. The molecule has 19 heavy (non-hydrogen) atoms. The smallest absolute Gasteiger partial charge is 0.319 e. The number of nitrogens with zero attached hydrogens (tertiary/aromatic N) is 1. The maximum absolute atomic E-state index is 11.7. The molecule has 0 saturated heterocycles. The van der Waals surface area contributed by atoms with Crippen LogP contribution in [0.1, 0.15) is 22.8 Å². The van der Waals surface area contributed by atoms with Gasteiger partial charge in [-0.1, -0.05) is 12.1 Å². The highest BCUT2D eigenvalue weighted by Gasteiger charge is 2.04. The van der Waals surface area contributed by atoms with E-state index in [2.05, 4.69) is 20.8 Å². The lowest BCUT2D eigenvalue weighted by Gasteiger charge is -2.07. The fourth-order valence-corrected chi connectivity index (χ4v) is 1.55. The van der Waals surface area contributed by atoms with Gasteiger partial charge in [-0.15, -0.1) is 0 Å². The molecule has 6 nitrogen and oxygen atoms in total. The first-order chi connectivity index (χ1) is 9.15. The summed E-state index contributed by atoms with van der Waals surface area (Å²) in [6, 6.07) is 6.46. The van der Waals surface area contributed by atoms with Crippen molar-refractivity contribution in [1.29, 1.82) is 0 Å². The molecule has 1 heterocycles. The molecule has 3 N–H and O–H groups in total. The van der Waals surface area contributed by atoms with Crippen LogP contribution >= 0.6 is 0 Å². The average molecular weight is 258 g/mol. The first-order valence-corrected chi connectivity index (χ1v) is 5.78. The van der Waals surface area contributed by atoms with Gasteiger partial charge in [0.1, 0.15) is 0 Å². The fraction of sp³-hybridized carbons (Fsp3) is 0.154. The number of benzene rings is 1. The van der Waals surface area contributed by atoms with Crippen molar-refractivity contribution in [2.24, 2.45) is 0 Å². The van der Waals surface area contributed by atoms with Crippen molar-refractivity contribution in [1.82, 2.24) is 15.5 Å². The molecule has 0 bridgehead atoms. The molecular formula is C13H14N4O2. The molecule has 0 spiro atoms. The number of carbonyl (C=O) groups is 2. The van der Waals surface area contributed by atoms with Crippen LogP contribution in [0.15, 0.2) is 36.7 Å². The topological polar surface area (TPSA) is 86.9 Å². The van der Waals surface area contributed by atoms with Crippen molar-refractivity contribution >= 4 is 17.5 Å². The monoisotopic (exact) mass is 258 g/mol. The van der Waals surface area contributed by atoms with Crippen LogP contribution in [0.2, 0.25) is 0 Å². The van der Waals surface area contributed by atoms with Crippen LogP contribution in [0.3, 0.4) is 0 Å². The summed E-state index contributed by atoms with van der Waals surface area (Å²) >= 11 is 0. The number of aromatic nitrogens is 2. The largest absolute Gasteiger partial charge is 0.334 e. The number of urea groups is 1. The quantitative estimate of drug-likeness (QED) is 0.732. The number of aromatic amines is 1. The maximum atomic E-state index is 11.7. The number of ketones is 1. The molecule has 2 aromatic rings. The summed E-state index contributed by atoms with van der Waals surface area (Å²) in [5.41, 5.74) is 2.03. The summed E-state index contributed by atoms with van der Waals surface area (Å²) in [5.74, 6) is -0.0394. The third-order valence-corrected chi connectivity index (χ3v) is 2.53. The van der Waals surface area contributed by atoms with Gasteiger partial charge < -0.3 is 10.6 Å². The lowest BCUT2D eigenvalue weighted by molar-refractivity contribution is 0.101. The van der Waals surface area contributed by atoms with Crippen LogP contribution in [0, 0.1) is 0 Å². The van der Waals surface area contributed by atoms with Crippen LogP contribution in [0.25, 0.3) is 0 Å². The van der Waals surface area contributed by atoms with Gasteiger partial charge in [0, 0.05) is 29.6 Å². The molecule has 0 aliphatic carbocycles. The molecule has 1 aromatic heterocycles. The van der Waals surface area contributed by atoms with Gasteiger partial charge in [0.25, 0.3) is 0 Å². The summed E-state index contributed by atoms with van der Waals surface area (Å²) in [4.78, 5) is 22.9. The molecule has 1 aromatic carbocycles. The van der Waals surface area contributed by atoms with E-state index in [-0.39, 0.29) is 11.8 Å². The van der Waals surface area contributed by atoms with E-state index in [9.17, 15) is 9.59 Å². The fourth-order valence-electron chi connectivity index (χ4n) is 1.55. The number of nitrogens with one attached hydrogen (secondary N) is 3. The zero-order chi connectivity index (χ0) is 13.7. The number of carbonyl (C=O) groups excluding carboxylic acids is 2. The molecule has 0 radical (unpaired) electrons. The summed E-state index contributed by atoms with van der Waals surface area (Å²) in [6.45, 7) is 1.87. The van der Waals surface area contributed by atoms with Gasteiger partial charge in [-0.25, -0.2) is 4.79 Å². The molecule has 0 fully saturated rings. The Balaban J connectivity index is 1.91. The van der Waals surface area contributed by atoms with Crippen molar-refractivity contribution in [3.05, 3.63) is 47.8 Å². The average Bonchev–Trinajstić information content (AvgIpc) is 2.90. The van der Waals surface area contributed by atoms with Crippen molar-refractivity contribution in [2.75, 3.05) is 5.32 Å². The highest BCUT2D eigenvalue weighted by atomic mass is 16.2. The van der Waals surface area contributed by atoms with E-state index in [1.54, 1.807) is 36.7 Å². The number of H-pyrrole nitrogens is 1. The van der Waals surface area contributed by atoms with E-state index in [4.69, 9.17) is 0 Å². The second kappa shape index (κ2) is 5.81. The van der Waals surface area contributed by atoms with Crippen LogP contribution in [-0.4, -0.2) is 22.0 Å². The van der Waals surface area contributed by atoms with E-state index in [1.807, 2.05) is 0 Å². The Labute approximate surface area is 110 Å². The molecule has 0 aliphatic rings.